The van der Waals surface area contributed by atoms with E-state index in [1.54, 1.807) is 0 Å². The van der Waals surface area contributed by atoms with E-state index in [0.29, 0.717) is 106 Å². The van der Waals surface area contributed by atoms with E-state index in [9.17, 15) is 52.9 Å². The summed E-state index contributed by atoms with van der Waals surface area (Å²) in [5.41, 5.74) is -14.1. The van der Waals surface area contributed by atoms with Gasteiger partial charge in [-0.2, -0.15) is 39.5 Å². The zero-order chi connectivity index (χ0) is 75.5. The maximum Gasteiger partial charge on any atom is 0.469 e. The van der Waals surface area contributed by atoms with Crippen molar-refractivity contribution in [2.75, 3.05) is 192 Å². The minimum atomic E-state index is -6.36. The van der Waals surface area contributed by atoms with Crippen LogP contribution in [0.2, 0.25) is 0 Å². The summed E-state index contributed by atoms with van der Waals surface area (Å²) >= 11 is 0. The van der Waals surface area contributed by atoms with E-state index in [0.717, 1.165) is 56.5 Å². The predicted molar refractivity (Wildman–Crippen MR) is 357 cm³/mol. The van der Waals surface area contributed by atoms with Crippen molar-refractivity contribution in [3.8, 4) is 0 Å². The Labute approximate surface area is 581 Å². The van der Waals surface area contributed by atoms with Crippen LogP contribution in [0.1, 0.15) is 180 Å². The topological polar surface area (TPSA) is 216 Å². The van der Waals surface area contributed by atoms with Crippen LogP contribution in [-0.2, 0) is 75.4 Å². The zero-order valence-electron chi connectivity index (χ0n) is 61.7. The molecule has 0 aliphatic rings. The molecule has 0 aliphatic heterocycles. The van der Waals surface area contributed by atoms with Crippen molar-refractivity contribution >= 4 is 7.82 Å². The van der Waals surface area contributed by atoms with Gasteiger partial charge in [-0.1, -0.05) is 147 Å². The quantitative estimate of drug-likeness (QED) is 0.0223. The molecule has 596 valence electrons. The number of rotatable bonds is 61. The number of alkyl halides is 11. The highest BCUT2D eigenvalue weighted by Crippen LogP contribution is 2.53. The van der Waals surface area contributed by atoms with Crippen LogP contribution in [0.15, 0.2) is 11.3 Å². The number of phosphoric ester groups is 1. The van der Waals surface area contributed by atoms with Crippen molar-refractivity contribution < 1.29 is 139 Å². The number of hydrogen-bond acceptors (Lipinski definition) is 17. The lowest BCUT2D eigenvalue weighted by Gasteiger charge is -2.36. The smallest absolute Gasteiger partial charge is 0.469 e. The number of phosphoric acid groups is 1. The molecule has 0 radical (unpaired) electrons. The normalized spacial score (nSPS) is 13.8. The van der Waals surface area contributed by atoms with Crippen molar-refractivity contribution in [1.29, 1.82) is 0 Å². The lowest BCUT2D eigenvalue weighted by Crippen LogP contribution is -2.53. The van der Waals surface area contributed by atoms with E-state index in [4.69, 9.17) is 76.5 Å². The fourth-order valence-electron chi connectivity index (χ4n) is 7.66. The molecule has 0 heterocycles. The van der Waals surface area contributed by atoms with Gasteiger partial charge in [-0.15, -0.1) is 0 Å². The predicted octanol–water partition coefficient (Wildman–Crippen LogP) is 15.8. The average Bonchev–Trinajstić information content (AvgIpc) is 0.737. The van der Waals surface area contributed by atoms with E-state index in [2.05, 4.69) is 78.5 Å². The number of hydrogen-bond donors (Lipinski definition) is 3. The van der Waals surface area contributed by atoms with Gasteiger partial charge in [0.1, 0.15) is 6.61 Å². The molecule has 0 aliphatic carbocycles. The highest BCUT2D eigenvalue weighted by atomic mass is 31.2. The van der Waals surface area contributed by atoms with Crippen molar-refractivity contribution in [1.82, 2.24) is 0 Å². The molecule has 0 aromatic carbocycles. The number of allylic oxidation sites excluding steroid dienone is 2. The fourth-order valence-corrected chi connectivity index (χ4v) is 8.03. The van der Waals surface area contributed by atoms with Crippen molar-refractivity contribution in [2.45, 2.75) is 210 Å². The molecule has 0 aromatic rings. The first kappa shape index (κ1) is 105. The maximum atomic E-state index is 14.5. The molecule has 0 saturated heterocycles. The third-order valence-electron chi connectivity index (χ3n) is 14.7. The Morgan fingerprint density at radius 3 is 0.776 bits per heavy atom. The number of ether oxygens (including phenoxy) is 14. The van der Waals surface area contributed by atoms with Crippen molar-refractivity contribution in [2.24, 2.45) is 23.7 Å². The van der Waals surface area contributed by atoms with Crippen LogP contribution >= 0.6 is 7.82 Å². The molecule has 19 nitrogen and oxygen atoms in total. The van der Waals surface area contributed by atoms with Crippen LogP contribution in [0.3, 0.4) is 0 Å². The summed E-state index contributed by atoms with van der Waals surface area (Å²) in [7, 11) is -4.20. The van der Waals surface area contributed by atoms with E-state index in [-0.39, 0.29) is 52.9 Å². The summed E-state index contributed by atoms with van der Waals surface area (Å²) < 4.78 is 236. The standard InChI is InChI=1S/C33H55F11O13.C18H38O2.2C6H14.C4H11O4P/c1-29(34,32(39,40)41)27(30(2,35)33(42,43)44)28(31(36,37)38)57-26-25-56-24-23-55-22-21-54-20-19-53-18-17-52-16-15-51-14-13-50-12-11-49-10-9-48-8-7-47-6-5-46-4-3-45;1-5-9-17(7-3)11-13-19-15-16-20-14-12-18(8-4)10-6-2;2*1-4-6(3)5-2;1-2-3-4-8-9(5,6)7/h45H,3-26H2,1-2H3;17-18H,5-16H2,1-4H3;2*6H,4-5H2,1-3H3;2-4H2,1H3,(H2,5,6,7). The van der Waals surface area contributed by atoms with Gasteiger partial charge in [-0.3, -0.25) is 4.52 Å². The maximum absolute atomic E-state index is 14.5. The summed E-state index contributed by atoms with van der Waals surface area (Å²) in [6, 6.07) is 0. The molecule has 0 bridgehead atoms. The molecule has 4 atom stereocenters. The van der Waals surface area contributed by atoms with Crippen LogP contribution < -0.4 is 0 Å². The second-order valence-electron chi connectivity index (χ2n) is 23.0. The SMILES string of the molecule is CC(F)(C(=C(OCCOCCOCCOCCOCCOCCOCCOCCOCCOCCOCCOCCO)C(F)(F)F)C(C)(F)C(F)(F)F)C(F)(F)F.CCC(C)CC.CCC(C)CC.CCCC(CC)CCOCCOCCC(CC)CCC.CCCCOP(=O)(O)O. The molecule has 0 aromatic heterocycles. The molecule has 0 fully saturated rings. The van der Waals surface area contributed by atoms with Crippen LogP contribution in [0.4, 0.5) is 48.3 Å². The molecule has 98 heavy (non-hydrogen) atoms. The molecule has 3 N–H and O–H groups in total. The number of aliphatic hydroxyl groups excluding tert-OH is 1. The lowest BCUT2D eigenvalue weighted by molar-refractivity contribution is -0.248. The van der Waals surface area contributed by atoms with Gasteiger partial charge < -0.3 is 81.2 Å². The summed E-state index contributed by atoms with van der Waals surface area (Å²) in [6.45, 7) is 30.6. The van der Waals surface area contributed by atoms with Gasteiger partial charge in [0.05, 0.1) is 177 Å². The summed E-state index contributed by atoms with van der Waals surface area (Å²) in [5.74, 6) is 0.454. The van der Waals surface area contributed by atoms with Crippen LogP contribution in [-0.4, -0.2) is 236 Å². The Hall–Kier alpha value is -1.68. The summed E-state index contributed by atoms with van der Waals surface area (Å²) in [6.07, 6.45) is -1.73. The number of unbranched alkanes of at least 4 members (excludes halogenated alkanes) is 1. The first-order valence-electron chi connectivity index (χ1n) is 35.0. The third-order valence-corrected chi connectivity index (χ3v) is 15.2. The lowest BCUT2D eigenvalue weighted by atomic mass is 9.83. The van der Waals surface area contributed by atoms with Gasteiger partial charge in [0.2, 0.25) is 17.1 Å². The first-order chi connectivity index (χ1) is 46.3. The van der Waals surface area contributed by atoms with Gasteiger partial charge in [-0.05, 0) is 56.8 Å². The van der Waals surface area contributed by atoms with E-state index in [1.807, 2.05) is 6.92 Å². The summed E-state index contributed by atoms with van der Waals surface area (Å²) in [5, 5.41) is 8.57. The van der Waals surface area contributed by atoms with Gasteiger partial charge in [0, 0.05) is 13.2 Å². The minimum absolute atomic E-state index is 0.0170. The largest absolute Gasteiger partial charge is 0.486 e. The second-order valence-corrected chi connectivity index (χ2v) is 24.2. The van der Waals surface area contributed by atoms with Crippen LogP contribution in [0.5, 0.6) is 0 Å². The van der Waals surface area contributed by atoms with Crippen molar-refractivity contribution in [3.63, 3.8) is 0 Å². The highest BCUT2D eigenvalue weighted by Gasteiger charge is 2.69. The van der Waals surface area contributed by atoms with Gasteiger partial charge in [-0.25, -0.2) is 13.3 Å². The minimum Gasteiger partial charge on any atom is -0.486 e. The number of halogens is 11. The van der Waals surface area contributed by atoms with E-state index < -0.39 is 76.1 Å². The molecule has 4 unspecified atom stereocenters. The zero-order valence-corrected chi connectivity index (χ0v) is 62.6. The van der Waals surface area contributed by atoms with Gasteiger partial charge >= 0.3 is 26.4 Å². The Kier molecular flexibility index (Phi) is 74.6. The highest BCUT2D eigenvalue weighted by molar-refractivity contribution is 7.46. The van der Waals surface area contributed by atoms with Gasteiger partial charge in [0.15, 0.2) is 0 Å². The van der Waals surface area contributed by atoms with E-state index >= 15 is 0 Å². The monoisotopic (exact) mass is 1480 g/mol. The molecule has 0 amide bonds. The molecule has 0 rings (SSSR count). The Morgan fingerprint density at radius 1 is 0.347 bits per heavy atom. The average molecular weight is 1480 g/mol. The number of aliphatic hydroxyl groups is 1. The Bertz CT molecular complexity index is 1670. The van der Waals surface area contributed by atoms with E-state index in [1.165, 1.54) is 77.0 Å². The fraction of sp³-hybridized carbons (Fsp3) is 0.970. The van der Waals surface area contributed by atoms with Crippen LogP contribution in [0.25, 0.3) is 0 Å². The van der Waals surface area contributed by atoms with Crippen LogP contribution in [0, 0.1) is 23.7 Å². The molecular weight excluding hydrogens is 1350 g/mol. The van der Waals surface area contributed by atoms with Crippen molar-refractivity contribution in [3.05, 3.63) is 11.3 Å². The second kappa shape index (κ2) is 69.7. The summed E-state index contributed by atoms with van der Waals surface area (Å²) in [4.78, 5) is 16.3. The first-order valence-corrected chi connectivity index (χ1v) is 36.6. The Balaban J connectivity index is -0.000000560. The third kappa shape index (κ3) is 67.5. The molecule has 0 spiro atoms. The Morgan fingerprint density at radius 2 is 0.592 bits per heavy atom. The van der Waals surface area contributed by atoms with Gasteiger partial charge in [0.25, 0.3) is 0 Å². The molecule has 0 saturated carbocycles. The molecule has 31 heteroatoms. The molecular formula is C67H132F11O19P.